The topological polar surface area (TPSA) is 42.7 Å². The van der Waals surface area contributed by atoms with Crippen LogP contribution in [0.3, 0.4) is 0 Å². The molecule has 1 N–H and O–H groups in total. The molecule has 0 aliphatic rings. The fourth-order valence-corrected chi connectivity index (χ4v) is 1.91. The van der Waals surface area contributed by atoms with Crippen LogP contribution in [0.2, 0.25) is 0 Å². The lowest BCUT2D eigenvalue weighted by Gasteiger charge is -2.11. The zero-order valence-corrected chi connectivity index (χ0v) is 10.3. The van der Waals surface area contributed by atoms with Crippen LogP contribution < -0.4 is 5.32 Å². The lowest BCUT2D eigenvalue weighted by molar-refractivity contribution is 0.503. The molecule has 0 saturated heterocycles. The van der Waals surface area contributed by atoms with Crippen molar-refractivity contribution in [1.82, 2.24) is 20.1 Å². The maximum absolute atomic E-state index is 4.20. The van der Waals surface area contributed by atoms with E-state index in [1.54, 1.807) is 6.33 Å². The van der Waals surface area contributed by atoms with E-state index in [2.05, 4.69) is 45.2 Å². The number of halogens is 1. The molecule has 0 amide bonds. The Bertz CT molecular complexity index is 261. The van der Waals surface area contributed by atoms with Crippen molar-refractivity contribution in [3.05, 3.63) is 12.2 Å². The van der Waals surface area contributed by atoms with E-state index >= 15 is 0 Å². The summed E-state index contributed by atoms with van der Waals surface area (Å²) in [5.74, 6) is 1.01. The van der Waals surface area contributed by atoms with Gasteiger partial charge in [0.25, 0.3) is 0 Å². The van der Waals surface area contributed by atoms with Crippen LogP contribution in [0.5, 0.6) is 0 Å². The summed E-state index contributed by atoms with van der Waals surface area (Å²) in [4.78, 5) is 4.20. The van der Waals surface area contributed by atoms with E-state index in [1.807, 2.05) is 4.68 Å². The second kappa shape index (κ2) is 6.14. The van der Waals surface area contributed by atoms with Crippen LogP contribution in [0.4, 0.5) is 0 Å². The summed E-state index contributed by atoms with van der Waals surface area (Å²) in [6.07, 6.45) is 2.73. The van der Waals surface area contributed by atoms with Gasteiger partial charge in [-0.3, -0.25) is 0 Å². The summed E-state index contributed by atoms with van der Waals surface area (Å²) in [6.45, 7) is 5.92. The second-order valence-electron chi connectivity index (χ2n) is 3.25. The molecule has 0 fully saturated rings. The smallest absolute Gasteiger partial charge is 0.140 e. The number of aromatic nitrogens is 3. The van der Waals surface area contributed by atoms with Crippen molar-refractivity contribution in [2.24, 2.45) is 0 Å². The van der Waals surface area contributed by atoms with E-state index in [9.17, 15) is 0 Å². The van der Waals surface area contributed by atoms with Gasteiger partial charge < -0.3 is 5.32 Å². The average Bonchev–Trinajstić information content (AvgIpc) is 2.62. The van der Waals surface area contributed by atoms with Crippen molar-refractivity contribution in [3.63, 3.8) is 0 Å². The molecule has 1 heterocycles. The molecule has 0 aliphatic heterocycles. The monoisotopic (exact) mass is 260 g/mol. The van der Waals surface area contributed by atoms with E-state index in [1.165, 1.54) is 0 Å². The van der Waals surface area contributed by atoms with Crippen LogP contribution in [0.15, 0.2) is 6.33 Å². The van der Waals surface area contributed by atoms with Crippen molar-refractivity contribution in [2.75, 3.05) is 5.33 Å². The summed E-state index contributed by atoms with van der Waals surface area (Å²) in [6, 6.07) is 0.511. The second-order valence-corrected chi connectivity index (χ2v) is 4.04. The van der Waals surface area contributed by atoms with Crippen LogP contribution >= 0.6 is 15.9 Å². The molecule has 4 nitrogen and oxygen atoms in total. The number of rotatable bonds is 6. The summed E-state index contributed by atoms with van der Waals surface area (Å²) >= 11 is 3.42. The van der Waals surface area contributed by atoms with Gasteiger partial charge >= 0.3 is 0 Å². The average molecular weight is 261 g/mol. The highest BCUT2D eigenvalue weighted by Gasteiger charge is 2.04. The number of hydrogen-bond donors (Lipinski definition) is 1. The Morgan fingerprint density at radius 2 is 2.43 bits per heavy atom. The minimum Gasteiger partial charge on any atom is -0.307 e. The SMILES string of the molecule is CCn1ncnc1CNC(C)CCBr. The summed E-state index contributed by atoms with van der Waals surface area (Å²) in [5, 5.41) is 8.55. The zero-order valence-electron chi connectivity index (χ0n) is 8.70. The van der Waals surface area contributed by atoms with Gasteiger partial charge in [-0.25, -0.2) is 9.67 Å². The van der Waals surface area contributed by atoms with Crippen molar-refractivity contribution < 1.29 is 0 Å². The standard InChI is InChI=1S/C9H17BrN4/c1-3-14-9(12-7-13-14)6-11-8(2)4-5-10/h7-8,11H,3-6H2,1-2H3. The third-order valence-electron chi connectivity index (χ3n) is 2.15. The Balaban J connectivity index is 2.37. The molecule has 1 aromatic rings. The minimum absolute atomic E-state index is 0.511. The summed E-state index contributed by atoms with van der Waals surface area (Å²) in [7, 11) is 0. The lowest BCUT2D eigenvalue weighted by atomic mass is 10.2. The first kappa shape index (κ1) is 11.7. The molecule has 5 heteroatoms. The zero-order chi connectivity index (χ0) is 10.4. The molecule has 1 rings (SSSR count). The molecule has 0 aliphatic carbocycles. The molecule has 0 saturated carbocycles. The Labute approximate surface area is 93.2 Å². The maximum Gasteiger partial charge on any atom is 0.140 e. The predicted octanol–water partition coefficient (Wildman–Crippen LogP) is 1.56. The third kappa shape index (κ3) is 3.38. The molecule has 1 atom stereocenters. The van der Waals surface area contributed by atoms with Gasteiger partial charge in [-0.05, 0) is 20.3 Å². The van der Waals surface area contributed by atoms with E-state index in [-0.39, 0.29) is 0 Å². The van der Waals surface area contributed by atoms with Crippen molar-refractivity contribution >= 4 is 15.9 Å². The third-order valence-corrected chi connectivity index (χ3v) is 2.60. The van der Waals surface area contributed by atoms with Crippen molar-refractivity contribution in [1.29, 1.82) is 0 Å². The first-order chi connectivity index (χ1) is 6.77. The van der Waals surface area contributed by atoms with Gasteiger partial charge in [0.05, 0.1) is 6.54 Å². The van der Waals surface area contributed by atoms with Gasteiger partial charge in [0.2, 0.25) is 0 Å². The summed E-state index contributed by atoms with van der Waals surface area (Å²) < 4.78 is 1.91. The molecular formula is C9H17BrN4. The number of alkyl halides is 1. The molecule has 14 heavy (non-hydrogen) atoms. The van der Waals surface area contributed by atoms with E-state index < -0.39 is 0 Å². The predicted molar refractivity (Wildman–Crippen MR) is 60.4 cm³/mol. The van der Waals surface area contributed by atoms with Crippen LogP contribution in [0.25, 0.3) is 0 Å². The van der Waals surface area contributed by atoms with Crippen LogP contribution in [-0.2, 0) is 13.1 Å². The van der Waals surface area contributed by atoms with Crippen LogP contribution in [0, 0.1) is 0 Å². The molecule has 0 spiro atoms. The fraction of sp³-hybridized carbons (Fsp3) is 0.778. The molecule has 1 aromatic heterocycles. The number of hydrogen-bond acceptors (Lipinski definition) is 3. The fourth-order valence-electron chi connectivity index (χ4n) is 1.22. The normalized spacial score (nSPS) is 13.1. The highest BCUT2D eigenvalue weighted by atomic mass is 79.9. The summed E-state index contributed by atoms with van der Waals surface area (Å²) in [5.41, 5.74) is 0. The van der Waals surface area contributed by atoms with Gasteiger partial charge in [-0.2, -0.15) is 5.10 Å². The molecule has 1 unspecified atom stereocenters. The highest BCUT2D eigenvalue weighted by Crippen LogP contribution is 1.98. The molecule has 0 aromatic carbocycles. The van der Waals surface area contributed by atoms with Gasteiger partial charge in [-0.15, -0.1) is 0 Å². The Morgan fingerprint density at radius 1 is 1.64 bits per heavy atom. The largest absolute Gasteiger partial charge is 0.307 e. The number of nitrogens with one attached hydrogen (secondary N) is 1. The van der Waals surface area contributed by atoms with E-state index in [0.717, 1.165) is 30.7 Å². The van der Waals surface area contributed by atoms with Gasteiger partial charge in [0.1, 0.15) is 12.2 Å². The van der Waals surface area contributed by atoms with Crippen molar-refractivity contribution in [2.45, 2.75) is 39.4 Å². The quantitative estimate of drug-likeness (QED) is 0.790. The van der Waals surface area contributed by atoms with Gasteiger partial charge in [0.15, 0.2) is 0 Å². The van der Waals surface area contributed by atoms with E-state index in [0.29, 0.717) is 6.04 Å². The lowest BCUT2D eigenvalue weighted by Crippen LogP contribution is -2.27. The van der Waals surface area contributed by atoms with Crippen molar-refractivity contribution in [3.8, 4) is 0 Å². The number of aryl methyl sites for hydroxylation is 1. The molecular weight excluding hydrogens is 244 g/mol. The van der Waals surface area contributed by atoms with Crippen LogP contribution in [0.1, 0.15) is 26.1 Å². The molecule has 80 valence electrons. The van der Waals surface area contributed by atoms with E-state index in [4.69, 9.17) is 0 Å². The molecule has 0 bridgehead atoms. The Kier molecular flexibility index (Phi) is 5.11. The van der Waals surface area contributed by atoms with Crippen LogP contribution in [-0.4, -0.2) is 26.1 Å². The van der Waals surface area contributed by atoms with Gasteiger partial charge in [-0.1, -0.05) is 15.9 Å². The maximum atomic E-state index is 4.20. The Hall–Kier alpha value is -0.420. The van der Waals surface area contributed by atoms with Gasteiger partial charge in [0, 0.05) is 17.9 Å². The number of nitrogens with zero attached hydrogens (tertiary/aromatic N) is 3. The minimum atomic E-state index is 0.511. The Morgan fingerprint density at radius 3 is 3.07 bits per heavy atom. The molecule has 0 radical (unpaired) electrons. The highest BCUT2D eigenvalue weighted by molar-refractivity contribution is 9.09. The first-order valence-electron chi connectivity index (χ1n) is 4.94. The first-order valence-corrected chi connectivity index (χ1v) is 6.06.